The number of aliphatic hydroxyl groups is 1. The van der Waals surface area contributed by atoms with E-state index in [-0.39, 0.29) is 0 Å². The Bertz CT molecular complexity index is 41.2. The Morgan fingerprint density at radius 3 is 2.57 bits per heavy atom. The zero-order valence-corrected chi connectivity index (χ0v) is 4.29. The van der Waals surface area contributed by atoms with Gasteiger partial charge in [-0.15, -0.1) is 0 Å². The van der Waals surface area contributed by atoms with Crippen molar-refractivity contribution in [3.05, 3.63) is 0 Å². The Balaban J connectivity index is 2.83. The number of hydrogen-bond acceptors (Lipinski definition) is 3. The topological polar surface area (TPSA) is 49.7 Å². The summed E-state index contributed by atoms with van der Waals surface area (Å²) in [6, 6.07) is 0. The maximum Gasteiger partial charge on any atom is 0.437 e. The standard InChI is InChI=1S/C3H9BO3/c1-2-3(5)7-4-6/h3-6H,2H2,1H3. The molecule has 0 radical (unpaired) electrons. The minimum atomic E-state index is -0.801. The van der Waals surface area contributed by atoms with Gasteiger partial charge in [0.25, 0.3) is 0 Å². The fourth-order valence-electron chi connectivity index (χ4n) is 0.204. The molecule has 3 nitrogen and oxygen atoms in total. The third kappa shape index (κ3) is 3.78. The lowest BCUT2D eigenvalue weighted by Crippen LogP contribution is -2.12. The van der Waals surface area contributed by atoms with Crippen LogP contribution in [0.4, 0.5) is 0 Å². The van der Waals surface area contributed by atoms with E-state index >= 15 is 0 Å². The molecule has 0 aliphatic rings. The molecule has 0 aliphatic heterocycles. The summed E-state index contributed by atoms with van der Waals surface area (Å²) in [5.41, 5.74) is 0. The first-order valence-corrected chi connectivity index (χ1v) is 2.21. The normalized spacial score (nSPS) is 13.6. The average molecular weight is 104 g/mol. The lowest BCUT2D eigenvalue weighted by Gasteiger charge is -2.03. The Kier molecular flexibility index (Phi) is 4.08. The van der Waals surface area contributed by atoms with E-state index in [1.807, 2.05) is 0 Å². The van der Waals surface area contributed by atoms with E-state index < -0.39 is 14.0 Å². The lowest BCUT2D eigenvalue weighted by atomic mass is 10.4. The van der Waals surface area contributed by atoms with Crippen molar-refractivity contribution in [1.29, 1.82) is 0 Å². The van der Waals surface area contributed by atoms with Gasteiger partial charge in [-0.05, 0) is 6.42 Å². The van der Waals surface area contributed by atoms with Gasteiger partial charge in [0.05, 0.1) is 0 Å². The molecule has 0 fully saturated rings. The van der Waals surface area contributed by atoms with E-state index in [0.29, 0.717) is 6.42 Å². The van der Waals surface area contributed by atoms with Gasteiger partial charge in [0.1, 0.15) is 6.29 Å². The molecule has 7 heavy (non-hydrogen) atoms. The quantitative estimate of drug-likeness (QED) is 0.356. The second kappa shape index (κ2) is 4.11. The van der Waals surface area contributed by atoms with Crippen LogP contribution >= 0.6 is 0 Å². The largest absolute Gasteiger partial charge is 0.437 e. The molecule has 0 aromatic heterocycles. The van der Waals surface area contributed by atoms with Crippen LogP contribution in [-0.2, 0) is 4.65 Å². The molecule has 2 N–H and O–H groups in total. The minimum Gasteiger partial charge on any atom is -0.430 e. The van der Waals surface area contributed by atoms with Gasteiger partial charge in [-0.25, -0.2) is 0 Å². The zero-order chi connectivity index (χ0) is 5.70. The summed E-state index contributed by atoms with van der Waals surface area (Å²) < 4.78 is 4.30. The van der Waals surface area contributed by atoms with Crippen LogP contribution in [0.5, 0.6) is 0 Å². The maximum absolute atomic E-state index is 8.48. The van der Waals surface area contributed by atoms with Crippen molar-refractivity contribution < 1.29 is 14.8 Å². The van der Waals surface area contributed by atoms with Crippen LogP contribution in [-0.4, -0.2) is 24.1 Å². The zero-order valence-electron chi connectivity index (χ0n) is 4.29. The fourth-order valence-corrected chi connectivity index (χ4v) is 0.204. The van der Waals surface area contributed by atoms with Crippen LogP contribution in [0.1, 0.15) is 13.3 Å². The Hall–Kier alpha value is -0.0551. The highest BCUT2D eigenvalue weighted by molar-refractivity contribution is 6.15. The third-order valence-electron chi connectivity index (χ3n) is 0.616. The lowest BCUT2D eigenvalue weighted by molar-refractivity contribution is -0.0266. The van der Waals surface area contributed by atoms with Crippen molar-refractivity contribution in [2.24, 2.45) is 0 Å². The van der Waals surface area contributed by atoms with Crippen molar-refractivity contribution >= 4 is 7.69 Å². The first-order chi connectivity index (χ1) is 3.31. The van der Waals surface area contributed by atoms with Gasteiger partial charge >= 0.3 is 7.69 Å². The average Bonchev–Trinajstić information content (AvgIpc) is 1.68. The van der Waals surface area contributed by atoms with Crippen molar-refractivity contribution in [3.63, 3.8) is 0 Å². The number of rotatable bonds is 3. The monoisotopic (exact) mass is 104 g/mol. The smallest absolute Gasteiger partial charge is 0.430 e. The molecule has 0 saturated carbocycles. The van der Waals surface area contributed by atoms with Crippen LogP contribution in [0.2, 0.25) is 0 Å². The second-order valence-corrected chi connectivity index (χ2v) is 1.16. The summed E-state index contributed by atoms with van der Waals surface area (Å²) >= 11 is 0. The van der Waals surface area contributed by atoms with Crippen LogP contribution < -0.4 is 0 Å². The van der Waals surface area contributed by atoms with Crippen LogP contribution in [0.3, 0.4) is 0 Å². The Morgan fingerprint density at radius 2 is 2.43 bits per heavy atom. The Labute approximate surface area is 43.2 Å². The number of aliphatic hydroxyl groups excluding tert-OH is 1. The van der Waals surface area contributed by atoms with Crippen molar-refractivity contribution in [2.75, 3.05) is 0 Å². The molecule has 0 aliphatic carbocycles. The number of hydrogen-bond donors (Lipinski definition) is 2. The summed E-state index contributed by atoms with van der Waals surface area (Å²) in [6.07, 6.45) is -0.286. The van der Waals surface area contributed by atoms with Gasteiger partial charge in [0.2, 0.25) is 0 Å². The van der Waals surface area contributed by atoms with E-state index in [9.17, 15) is 0 Å². The van der Waals surface area contributed by atoms with Crippen LogP contribution in [0.15, 0.2) is 0 Å². The van der Waals surface area contributed by atoms with Crippen molar-refractivity contribution in [1.82, 2.24) is 0 Å². The molecule has 42 valence electrons. The predicted molar refractivity (Wildman–Crippen MR) is 26.8 cm³/mol. The van der Waals surface area contributed by atoms with E-state index in [2.05, 4.69) is 4.65 Å². The second-order valence-electron chi connectivity index (χ2n) is 1.16. The first kappa shape index (κ1) is 6.94. The summed E-state index contributed by atoms with van der Waals surface area (Å²) in [4.78, 5) is 0. The van der Waals surface area contributed by atoms with Crippen molar-refractivity contribution in [2.45, 2.75) is 19.6 Å². The molecule has 1 atom stereocenters. The first-order valence-electron chi connectivity index (χ1n) is 2.21. The molecular formula is C3H9BO3. The molecule has 1 unspecified atom stereocenters. The SMILES string of the molecule is CCC(O)OBO. The molecule has 0 rings (SSSR count). The molecule has 4 heteroatoms. The molecular weight excluding hydrogens is 94.8 g/mol. The van der Waals surface area contributed by atoms with E-state index in [0.717, 1.165) is 0 Å². The maximum atomic E-state index is 8.48. The fraction of sp³-hybridized carbons (Fsp3) is 1.00. The van der Waals surface area contributed by atoms with Crippen LogP contribution in [0, 0.1) is 0 Å². The van der Waals surface area contributed by atoms with Gasteiger partial charge in [-0.3, -0.25) is 0 Å². The highest BCUT2D eigenvalue weighted by Gasteiger charge is 1.96. The van der Waals surface area contributed by atoms with Gasteiger partial charge in [-0.1, -0.05) is 6.92 Å². The highest BCUT2D eigenvalue weighted by Crippen LogP contribution is 1.87. The molecule has 0 heterocycles. The predicted octanol–water partition coefficient (Wildman–Crippen LogP) is -1.01. The summed E-state index contributed by atoms with van der Waals surface area (Å²) in [6.45, 7) is 1.76. The minimum absolute atomic E-state index is 0.408. The summed E-state index contributed by atoms with van der Waals surface area (Å²) in [7, 11) is -0.408. The van der Waals surface area contributed by atoms with Crippen LogP contribution in [0.25, 0.3) is 0 Å². The molecule has 0 amide bonds. The molecule has 0 aromatic carbocycles. The van der Waals surface area contributed by atoms with Gasteiger partial charge in [0, 0.05) is 0 Å². The Morgan fingerprint density at radius 1 is 1.86 bits per heavy atom. The van der Waals surface area contributed by atoms with Gasteiger partial charge < -0.3 is 14.8 Å². The van der Waals surface area contributed by atoms with Crippen molar-refractivity contribution in [3.8, 4) is 0 Å². The summed E-state index contributed by atoms with van der Waals surface area (Å²) in [5.74, 6) is 0. The van der Waals surface area contributed by atoms with Gasteiger partial charge in [-0.2, -0.15) is 0 Å². The third-order valence-corrected chi connectivity index (χ3v) is 0.616. The van der Waals surface area contributed by atoms with E-state index in [1.165, 1.54) is 0 Å². The molecule has 0 bridgehead atoms. The molecule has 0 saturated heterocycles. The highest BCUT2D eigenvalue weighted by atomic mass is 16.6. The molecule has 0 spiro atoms. The van der Waals surface area contributed by atoms with E-state index in [4.69, 9.17) is 10.1 Å². The van der Waals surface area contributed by atoms with E-state index in [1.54, 1.807) is 6.92 Å². The molecule has 0 aromatic rings. The van der Waals surface area contributed by atoms with Gasteiger partial charge in [0.15, 0.2) is 0 Å². The summed E-state index contributed by atoms with van der Waals surface area (Å²) in [5, 5.41) is 16.5.